The Morgan fingerprint density at radius 1 is 1.47 bits per heavy atom. The van der Waals surface area contributed by atoms with Crippen molar-refractivity contribution in [1.82, 2.24) is 9.55 Å². The predicted molar refractivity (Wildman–Crippen MR) is 65.0 cm³/mol. The summed E-state index contributed by atoms with van der Waals surface area (Å²) >= 11 is 0. The van der Waals surface area contributed by atoms with E-state index in [2.05, 4.69) is 4.98 Å². The van der Waals surface area contributed by atoms with Crippen molar-refractivity contribution in [3.8, 4) is 11.4 Å². The highest BCUT2D eigenvalue weighted by atomic mass is 16.4. The van der Waals surface area contributed by atoms with Crippen molar-refractivity contribution < 1.29 is 9.90 Å². The van der Waals surface area contributed by atoms with Crippen LogP contribution in [0.5, 0.6) is 0 Å². The number of carbonyl (C=O) groups is 1. The van der Waals surface area contributed by atoms with E-state index in [0.29, 0.717) is 5.56 Å². The first-order valence-electron chi connectivity index (χ1n) is 5.49. The van der Waals surface area contributed by atoms with Crippen molar-refractivity contribution in [3.05, 3.63) is 41.7 Å². The first kappa shape index (κ1) is 11.4. The number of aromatic carboxylic acids is 1. The summed E-state index contributed by atoms with van der Waals surface area (Å²) < 4.78 is 1.98. The second kappa shape index (κ2) is 4.41. The van der Waals surface area contributed by atoms with Crippen molar-refractivity contribution in [2.45, 2.75) is 20.4 Å². The lowest BCUT2D eigenvalue weighted by Crippen LogP contribution is -2.02. The van der Waals surface area contributed by atoms with Gasteiger partial charge in [-0.2, -0.15) is 0 Å². The average Bonchev–Trinajstić information content (AvgIpc) is 2.77. The molecule has 0 fully saturated rings. The first-order valence-corrected chi connectivity index (χ1v) is 5.49. The summed E-state index contributed by atoms with van der Waals surface area (Å²) in [5.74, 6) is -0.103. The predicted octanol–water partition coefficient (Wildman–Crippen LogP) is 2.58. The molecule has 1 N–H and O–H groups in total. The van der Waals surface area contributed by atoms with Gasteiger partial charge in [0.1, 0.15) is 5.82 Å². The van der Waals surface area contributed by atoms with Crippen LogP contribution in [0.4, 0.5) is 0 Å². The van der Waals surface area contributed by atoms with E-state index in [1.54, 1.807) is 19.2 Å². The minimum Gasteiger partial charge on any atom is -0.478 e. The van der Waals surface area contributed by atoms with Gasteiger partial charge in [-0.15, -0.1) is 0 Å². The molecule has 4 heteroatoms. The minimum absolute atomic E-state index is 0.327. The van der Waals surface area contributed by atoms with E-state index >= 15 is 0 Å². The Morgan fingerprint density at radius 3 is 2.88 bits per heavy atom. The van der Waals surface area contributed by atoms with Gasteiger partial charge in [-0.3, -0.25) is 0 Å². The van der Waals surface area contributed by atoms with Gasteiger partial charge < -0.3 is 9.67 Å². The third kappa shape index (κ3) is 2.06. The highest BCUT2D eigenvalue weighted by Crippen LogP contribution is 2.21. The molecule has 0 amide bonds. The Morgan fingerprint density at radius 2 is 2.24 bits per heavy atom. The van der Waals surface area contributed by atoms with Gasteiger partial charge in [-0.25, -0.2) is 9.78 Å². The molecule has 88 valence electrons. The second-order valence-electron chi connectivity index (χ2n) is 3.87. The number of nitrogens with zero attached hydrogens (tertiary/aromatic N) is 2. The number of hydrogen-bond donors (Lipinski definition) is 1. The molecule has 0 spiro atoms. The van der Waals surface area contributed by atoms with Crippen LogP contribution in [-0.4, -0.2) is 20.6 Å². The fourth-order valence-corrected chi connectivity index (χ4v) is 1.82. The standard InChI is InChI=1S/C13H14N2O2/c1-3-15-7-6-14-12(15)10-5-4-9(2)11(8-10)13(16)17/h4-8H,3H2,1-2H3,(H,16,17). The zero-order chi connectivity index (χ0) is 12.4. The molecule has 2 rings (SSSR count). The van der Waals surface area contributed by atoms with Crippen LogP contribution in [0.2, 0.25) is 0 Å². The smallest absolute Gasteiger partial charge is 0.335 e. The number of carboxylic acid groups (broad SMARTS) is 1. The van der Waals surface area contributed by atoms with E-state index in [9.17, 15) is 4.79 Å². The van der Waals surface area contributed by atoms with Crippen molar-refractivity contribution in [1.29, 1.82) is 0 Å². The molecule has 0 radical (unpaired) electrons. The molecule has 2 aromatic rings. The summed E-state index contributed by atoms with van der Waals surface area (Å²) in [7, 11) is 0. The van der Waals surface area contributed by atoms with Gasteiger partial charge in [0.25, 0.3) is 0 Å². The van der Waals surface area contributed by atoms with Crippen LogP contribution >= 0.6 is 0 Å². The van der Waals surface area contributed by atoms with Gasteiger partial charge in [0.2, 0.25) is 0 Å². The van der Waals surface area contributed by atoms with Crippen LogP contribution in [0, 0.1) is 6.92 Å². The summed E-state index contributed by atoms with van der Waals surface area (Å²) in [6.07, 6.45) is 3.61. The van der Waals surface area contributed by atoms with Crippen LogP contribution in [0.15, 0.2) is 30.6 Å². The molecule has 0 aliphatic rings. The Balaban J connectivity index is 2.54. The van der Waals surface area contributed by atoms with Crippen molar-refractivity contribution in [2.75, 3.05) is 0 Å². The molecule has 17 heavy (non-hydrogen) atoms. The summed E-state index contributed by atoms with van der Waals surface area (Å²) in [5, 5.41) is 9.09. The normalized spacial score (nSPS) is 10.5. The topological polar surface area (TPSA) is 55.1 Å². The maximum atomic E-state index is 11.1. The van der Waals surface area contributed by atoms with E-state index in [0.717, 1.165) is 23.5 Å². The molecule has 1 aromatic carbocycles. The monoisotopic (exact) mass is 230 g/mol. The van der Waals surface area contributed by atoms with Crippen LogP contribution in [0.25, 0.3) is 11.4 Å². The maximum Gasteiger partial charge on any atom is 0.335 e. The van der Waals surface area contributed by atoms with Gasteiger partial charge in [-0.1, -0.05) is 12.1 Å². The fraction of sp³-hybridized carbons (Fsp3) is 0.231. The van der Waals surface area contributed by atoms with Crippen LogP contribution in [-0.2, 0) is 6.54 Å². The average molecular weight is 230 g/mol. The zero-order valence-electron chi connectivity index (χ0n) is 9.84. The number of imidazole rings is 1. The number of aromatic nitrogens is 2. The summed E-state index contributed by atoms with van der Waals surface area (Å²) in [6, 6.07) is 5.38. The molecule has 0 atom stereocenters. The molecular weight excluding hydrogens is 216 g/mol. The molecular formula is C13H14N2O2. The number of carboxylic acids is 1. The highest BCUT2D eigenvalue weighted by molar-refractivity contribution is 5.90. The van der Waals surface area contributed by atoms with Gasteiger partial charge in [-0.05, 0) is 25.5 Å². The van der Waals surface area contributed by atoms with Crippen LogP contribution in [0.1, 0.15) is 22.8 Å². The lowest BCUT2D eigenvalue weighted by atomic mass is 10.0. The van der Waals surface area contributed by atoms with Gasteiger partial charge in [0.05, 0.1) is 5.56 Å². The molecule has 0 bridgehead atoms. The van der Waals surface area contributed by atoms with Crippen LogP contribution in [0.3, 0.4) is 0 Å². The zero-order valence-corrected chi connectivity index (χ0v) is 9.84. The highest BCUT2D eigenvalue weighted by Gasteiger charge is 2.11. The molecule has 4 nitrogen and oxygen atoms in total. The number of rotatable bonds is 3. The SMILES string of the molecule is CCn1ccnc1-c1ccc(C)c(C(=O)O)c1. The van der Waals surface area contributed by atoms with Gasteiger partial charge in [0.15, 0.2) is 0 Å². The van der Waals surface area contributed by atoms with E-state index in [4.69, 9.17) is 5.11 Å². The summed E-state index contributed by atoms with van der Waals surface area (Å²) in [4.78, 5) is 15.3. The minimum atomic E-state index is -0.904. The Kier molecular flexibility index (Phi) is 2.95. The van der Waals surface area contributed by atoms with E-state index in [1.165, 1.54) is 0 Å². The molecule has 0 aliphatic carbocycles. The third-order valence-electron chi connectivity index (χ3n) is 2.78. The Labute approximate surface area is 99.5 Å². The number of aryl methyl sites for hydroxylation is 2. The quantitative estimate of drug-likeness (QED) is 0.881. The molecule has 0 unspecified atom stereocenters. The summed E-state index contributed by atoms with van der Waals surface area (Å²) in [5.41, 5.74) is 1.92. The van der Waals surface area contributed by atoms with E-state index < -0.39 is 5.97 Å². The maximum absolute atomic E-state index is 11.1. The van der Waals surface area contributed by atoms with Crippen molar-refractivity contribution in [2.24, 2.45) is 0 Å². The van der Waals surface area contributed by atoms with Crippen molar-refractivity contribution in [3.63, 3.8) is 0 Å². The van der Waals surface area contributed by atoms with E-state index in [1.807, 2.05) is 29.8 Å². The lowest BCUT2D eigenvalue weighted by Gasteiger charge is -2.07. The Bertz CT molecular complexity index is 558. The van der Waals surface area contributed by atoms with Gasteiger partial charge >= 0.3 is 5.97 Å². The molecule has 1 aromatic heterocycles. The number of hydrogen-bond acceptors (Lipinski definition) is 2. The number of benzene rings is 1. The first-order chi connectivity index (χ1) is 8.13. The summed E-state index contributed by atoms with van der Waals surface area (Å²) in [6.45, 7) is 4.63. The largest absolute Gasteiger partial charge is 0.478 e. The molecule has 0 saturated carbocycles. The van der Waals surface area contributed by atoms with Crippen molar-refractivity contribution >= 4 is 5.97 Å². The van der Waals surface area contributed by atoms with Gasteiger partial charge in [0, 0.05) is 24.5 Å². The molecule has 0 saturated heterocycles. The molecule has 0 aliphatic heterocycles. The van der Waals surface area contributed by atoms with Crippen LogP contribution < -0.4 is 0 Å². The molecule has 1 heterocycles. The second-order valence-corrected chi connectivity index (χ2v) is 3.87. The lowest BCUT2D eigenvalue weighted by molar-refractivity contribution is 0.0696. The fourth-order valence-electron chi connectivity index (χ4n) is 1.82. The Hall–Kier alpha value is -2.10. The van der Waals surface area contributed by atoms with E-state index in [-0.39, 0.29) is 0 Å². The third-order valence-corrected chi connectivity index (χ3v) is 2.78.